The van der Waals surface area contributed by atoms with Gasteiger partial charge < -0.3 is 5.11 Å². The predicted molar refractivity (Wildman–Crippen MR) is 46.5 cm³/mol. The Balaban J connectivity index is 2.74. The molecule has 0 saturated heterocycles. The van der Waals surface area contributed by atoms with Crippen LogP contribution in [-0.4, -0.2) is 10.9 Å². The van der Waals surface area contributed by atoms with Crippen LogP contribution in [0.2, 0.25) is 5.02 Å². The van der Waals surface area contributed by atoms with Gasteiger partial charge in [0.1, 0.15) is 5.75 Å². The van der Waals surface area contributed by atoms with Crippen molar-refractivity contribution >= 4 is 23.5 Å². The summed E-state index contributed by atoms with van der Waals surface area (Å²) in [6, 6.07) is 2.88. The Hall–Kier alpha value is -1.28. The van der Waals surface area contributed by atoms with Crippen LogP contribution in [0.25, 0.3) is 6.08 Å². The van der Waals surface area contributed by atoms with E-state index in [1.165, 1.54) is 18.2 Å². The number of ketones is 1. The number of benzene rings is 1. The topological polar surface area (TPSA) is 37.3 Å². The number of fused-ring (bicyclic) bond motifs is 1. The summed E-state index contributed by atoms with van der Waals surface area (Å²) in [5.74, 6) is -0.0203. The molecule has 0 aromatic heterocycles. The Bertz CT molecular complexity index is 394. The van der Waals surface area contributed by atoms with E-state index in [0.717, 1.165) is 0 Å². The van der Waals surface area contributed by atoms with Gasteiger partial charge in [0.15, 0.2) is 5.78 Å². The van der Waals surface area contributed by atoms with E-state index in [9.17, 15) is 4.79 Å². The Morgan fingerprint density at radius 2 is 2.00 bits per heavy atom. The molecule has 0 bridgehead atoms. The van der Waals surface area contributed by atoms with Crippen molar-refractivity contribution < 1.29 is 9.90 Å². The molecule has 2 nitrogen and oxygen atoms in total. The number of phenolic OH excluding ortho intramolecular Hbond substituents is 1. The molecular formula is C9H5ClO2. The van der Waals surface area contributed by atoms with Crippen molar-refractivity contribution in [3.05, 3.63) is 34.4 Å². The van der Waals surface area contributed by atoms with Gasteiger partial charge in [0.2, 0.25) is 0 Å². The van der Waals surface area contributed by atoms with Gasteiger partial charge in [-0.3, -0.25) is 4.79 Å². The second-order valence-corrected chi connectivity index (χ2v) is 3.00. The summed E-state index contributed by atoms with van der Waals surface area (Å²) in [5, 5.41) is 9.44. The number of hydrogen-bond acceptors (Lipinski definition) is 2. The van der Waals surface area contributed by atoms with Crippen LogP contribution in [0, 0.1) is 0 Å². The van der Waals surface area contributed by atoms with Gasteiger partial charge in [-0.15, -0.1) is 0 Å². The first-order valence-corrected chi connectivity index (χ1v) is 3.81. The number of hydrogen-bond donors (Lipinski definition) is 1. The van der Waals surface area contributed by atoms with E-state index in [4.69, 9.17) is 16.7 Å². The molecule has 0 spiro atoms. The molecule has 12 heavy (non-hydrogen) atoms. The zero-order valence-electron chi connectivity index (χ0n) is 6.04. The highest BCUT2D eigenvalue weighted by Crippen LogP contribution is 2.30. The highest BCUT2D eigenvalue weighted by atomic mass is 35.5. The monoisotopic (exact) mass is 180 g/mol. The summed E-state index contributed by atoms with van der Waals surface area (Å²) in [7, 11) is 0. The molecule has 0 unspecified atom stereocenters. The summed E-state index contributed by atoms with van der Waals surface area (Å²) in [6.45, 7) is 0. The third kappa shape index (κ3) is 0.924. The van der Waals surface area contributed by atoms with E-state index in [1.54, 1.807) is 6.08 Å². The molecular weight excluding hydrogens is 176 g/mol. The van der Waals surface area contributed by atoms with Crippen LogP contribution in [0.5, 0.6) is 5.75 Å². The zero-order valence-corrected chi connectivity index (χ0v) is 6.80. The van der Waals surface area contributed by atoms with Gasteiger partial charge in [-0.1, -0.05) is 17.7 Å². The lowest BCUT2D eigenvalue weighted by Crippen LogP contribution is -1.92. The average molecular weight is 181 g/mol. The predicted octanol–water partition coefficient (Wildman–Crippen LogP) is 2.26. The van der Waals surface area contributed by atoms with Gasteiger partial charge in [-0.2, -0.15) is 0 Å². The van der Waals surface area contributed by atoms with Crippen LogP contribution >= 0.6 is 11.6 Å². The summed E-state index contributed by atoms with van der Waals surface area (Å²) in [5.41, 5.74) is 1.17. The zero-order chi connectivity index (χ0) is 8.72. The Morgan fingerprint density at radius 1 is 1.25 bits per heavy atom. The highest BCUT2D eigenvalue weighted by Gasteiger charge is 2.17. The minimum Gasteiger partial charge on any atom is -0.508 e. The van der Waals surface area contributed by atoms with E-state index in [0.29, 0.717) is 16.1 Å². The van der Waals surface area contributed by atoms with Crippen molar-refractivity contribution in [3.8, 4) is 5.75 Å². The van der Waals surface area contributed by atoms with Crippen LogP contribution < -0.4 is 0 Å². The van der Waals surface area contributed by atoms with Gasteiger partial charge >= 0.3 is 0 Å². The molecule has 3 heteroatoms. The van der Waals surface area contributed by atoms with Gasteiger partial charge in [0.25, 0.3) is 0 Å². The van der Waals surface area contributed by atoms with Gasteiger partial charge in [-0.05, 0) is 23.8 Å². The number of carbonyl (C=O) groups is 1. The maximum absolute atomic E-state index is 11.1. The molecule has 60 valence electrons. The van der Waals surface area contributed by atoms with E-state index < -0.39 is 0 Å². The quantitative estimate of drug-likeness (QED) is 0.665. The molecule has 1 aromatic rings. The summed E-state index contributed by atoms with van der Waals surface area (Å²) in [4.78, 5) is 11.1. The van der Waals surface area contributed by atoms with Gasteiger partial charge in [-0.25, -0.2) is 0 Å². The Labute approximate surface area is 74.1 Å². The fourth-order valence-electron chi connectivity index (χ4n) is 1.25. The third-order valence-corrected chi connectivity index (χ3v) is 2.06. The molecule has 1 aliphatic rings. The van der Waals surface area contributed by atoms with Crippen LogP contribution in [-0.2, 0) is 0 Å². The molecule has 0 fully saturated rings. The van der Waals surface area contributed by atoms with Crippen LogP contribution in [0.15, 0.2) is 18.2 Å². The first-order chi connectivity index (χ1) is 5.68. The minimum absolute atomic E-state index is 0.0816. The maximum Gasteiger partial charge on any atom is 0.187 e. The smallest absolute Gasteiger partial charge is 0.187 e. The van der Waals surface area contributed by atoms with Crippen molar-refractivity contribution in [1.29, 1.82) is 0 Å². The lowest BCUT2D eigenvalue weighted by atomic mass is 10.1. The van der Waals surface area contributed by atoms with Gasteiger partial charge in [0, 0.05) is 5.56 Å². The number of phenols is 1. The first-order valence-electron chi connectivity index (χ1n) is 3.43. The van der Waals surface area contributed by atoms with Crippen molar-refractivity contribution in [3.63, 3.8) is 0 Å². The molecule has 2 rings (SSSR count). The van der Waals surface area contributed by atoms with E-state index in [2.05, 4.69) is 0 Å². The SMILES string of the molecule is O=C1C=Cc2cc(O)cc(Cl)c21. The van der Waals surface area contributed by atoms with Crippen molar-refractivity contribution in [2.75, 3.05) is 0 Å². The fraction of sp³-hybridized carbons (Fsp3) is 0. The van der Waals surface area contributed by atoms with Gasteiger partial charge in [0.05, 0.1) is 5.02 Å². The highest BCUT2D eigenvalue weighted by molar-refractivity contribution is 6.36. The number of carbonyl (C=O) groups excluding carboxylic acids is 1. The fourth-order valence-corrected chi connectivity index (χ4v) is 1.57. The minimum atomic E-state index is -0.102. The number of aromatic hydroxyl groups is 1. The molecule has 0 atom stereocenters. The number of halogens is 1. The lowest BCUT2D eigenvalue weighted by Gasteiger charge is -2.00. The molecule has 0 amide bonds. The van der Waals surface area contributed by atoms with E-state index in [-0.39, 0.29) is 11.5 Å². The molecule has 0 heterocycles. The maximum atomic E-state index is 11.1. The molecule has 1 aliphatic carbocycles. The second-order valence-electron chi connectivity index (χ2n) is 2.59. The molecule has 0 aliphatic heterocycles. The Morgan fingerprint density at radius 3 is 2.75 bits per heavy atom. The third-order valence-electron chi connectivity index (χ3n) is 1.77. The van der Waals surface area contributed by atoms with Crippen LogP contribution in [0.1, 0.15) is 15.9 Å². The summed E-state index contributed by atoms with van der Waals surface area (Å²) >= 11 is 5.75. The number of allylic oxidation sites excluding steroid dienone is 1. The Kier molecular flexibility index (Phi) is 1.45. The van der Waals surface area contributed by atoms with Crippen LogP contribution in [0.3, 0.4) is 0 Å². The van der Waals surface area contributed by atoms with E-state index >= 15 is 0 Å². The van der Waals surface area contributed by atoms with Crippen molar-refractivity contribution in [1.82, 2.24) is 0 Å². The molecule has 1 N–H and O–H groups in total. The lowest BCUT2D eigenvalue weighted by molar-refractivity contribution is 0.105. The normalized spacial score (nSPS) is 13.6. The molecule has 1 aromatic carbocycles. The van der Waals surface area contributed by atoms with Crippen molar-refractivity contribution in [2.45, 2.75) is 0 Å². The summed E-state index contributed by atoms with van der Waals surface area (Å²) in [6.07, 6.45) is 3.08. The second kappa shape index (κ2) is 2.35. The molecule has 0 saturated carbocycles. The average Bonchev–Trinajstić information content (AvgIpc) is 2.31. The van der Waals surface area contributed by atoms with Crippen molar-refractivity contribution in [2.24, 2.45) is 0 Å². The first kappa shape index (κ1) is 7.37. The number of rotatable bonds is 0. The van der Waals surface area contributed by atoms with Crippen LogP contribution in [0.4, 0.5) is 0 Å². The standard InChI is InChI=1S/C9H5ClO2/c10-7-4-6(11)3-5-1-2-8(12)9(5)7/h1-4,11H. The molecule has 0 radical (unpaired) electrons. The van der Waals surface area contributed by atoms with E-state index in [1.807, 2.05) is 0 Å². The summed E-state index contributed by atoms with van der Waals surface area (Å²) < 4.78 is 0. The largest absolute Gasteiger partial charge is 0.508 e.